The normalized spacial score (nSPS) is 12.0. The van der Waals surface area contributed by atoms with E-state index in [1.165, 1.54) is 6.21 Å². The summed E-state index contributed by atoms with van der Waals surface area (Å²) >= 11 is 0. The summed E-state index contributed by atoms with van der Waals surface area (Å²) in [4.78, 5) is 24.3. The minimum Gasteiger partial charge on any atom is -0.460 e. The van der Waals surface area contributed by atoms with Crippen molar-refractivity contribution >= 4 is 23.0 Å². The van der Waals surface area contributed by atoms with Crippen molar-refractivity contribution in [2.75, 3.05) is 0 Å². The Kier molecular flexibility index (Phi) is 6.18. The largest absolute Gasteiger partial charge is 0.460 e. The molecular formula is C20H26N2O4. The van der Waals surface area contributed by atoms with Gasteiger partial charge in [-0.15, -0.1) is 0 Å². The summed E-state index contributed by atoms with van der Waals surface area (Å²) in [5.41, 5.74) is 1.11. The molecule has 0 aliphatic rings. The summed E-state index contributed by atoms with van der Waals surface area (Å²) in [6.45, 7) is 5.56. The molecule has 0 saturated carbocycles. The molecule has 0 spiro atoms. The standard InChI is InChI=1S/C20H26N2O4/c1-20(2,3)26-18(23)8-6-5-7-16-12-15-11-14(13-21-25)9-10-17(15)19(24)22(16)4/h9-13,25H,5-8H2,1-4H3/b21-13+. The van der Waals surface area contributed by atoms with Crippen molar-refractivity contribution in [3.05, 3.63) is 45.9 Å². The Balaban J connectivity index is 2.08. The van der Waals surface area contributed by atoms with Gasteiger partial charge in [-0.1, -0.05) is 11.2 Å². The summed E-state index contributed by atoms with van der Waals surface area (Å²) < 4.78 is 6.95. The fourth-order valence-electron chi connectivity index (χ4n) is 2.84. The van der Waals surface area contributed by atoms with Gasteiger partial charge in [0, 0.05) is 24.5 Å². The number of aryl methyl sites for hydroxylation is 1. The van der Waals surface area contributed by atoms with Gasteiger partial charge in [0.05, 0.1) is 6.21 Å². The smallest absolute Gasteiger partial charge is 0.306 e. The van der Waals surface area contributed by atoms with E-state index in [1.807, 2.05) is 32.9 Å². The lowest BCUT2D eigenvalue weighted by atomic mass is 10.1. The van der Waals surface area contributed by atoms with Crippen LogP contribution in [0.25, 0.3) is 10.8 Å². The molecule has 0 amide bonds. The number of aromatic nitrogens is 1. The van der Waals surface area contributed by atoms with Crippen LogP contribution in [0.4, 0.5) is 0 Å². The summed E-state index contributed by atoms with van der Waals surface area (Å²) in [5, 5.41) is 13.1. The molecule has 1 aromatic heterocycles. The quantitative estimate of drug-likeness (QED) is 0.282. The zero-order chi connectivity index (χ0) is 19.3. The molecule has 1 heterocycles. The molecule has 0 atom stereocenters. The SMILES string of the molecule is Cn1c(CCCCC(=O)OC(C)(C)C)cc2cc(/C=N/O)ccc2c1=O. The lowest BCUT2D eigenvalue weighted by molar-refractivity contribution is -0.154. The molecule has 0 radical (unpaired) electrons. The number of benzene rings is 1. The van der Waals surface area contributed by atoms with Gasteiger partial charge in [-0.05, 0) is 69.2 Å². The molecular weight excluding hydrogens is 332 g/mol. The second kappa shape index (κ2) is 8.17. The summed E-state index contributed by atoms with van der Waals surface area (Å²) in [5.74, 6) is -0.196. The predicted molar refractivity (Wildman–Crippen MR) is 102 cm³/mol. The number of ether oxygens (including phenoxy) is 1. The van der Waals surface area contributed by atoms with E-state index in [2.05, 4.69) is 5.16 Å². The van der Waals surface area contributed by atoms with Gasteiger partial charge in [0.15, 0.2) is 0 Å². The van der Waals surface area contributed by atoms with Gasteiger partial charge in [0.2, 0.25) is 0 Å². The summed E-state index contributed by atoms with van der Waals surface area (Å²) in [6.07, 6.45) is 3.89. The number of rotatable bonds is 6. The van der Waals surface area contributed by atoms with Crippen LogP contribution < -0.4 is 5.56 Å². The molecule has 6 nitrogen and oxygen atoms in total. The number of carbonyl (C=O) groups is 1. The fourth-order valence-corrected chi connectivity index (χ4v) is 2.84. The van der Waals surface area contributed by atoms with Gasteiger partial charge in [0.1, 0.15) is 5.60 Å². The third kappa shape index (κ3) is 5.18. The van der Waals surface area contributed by atoms with Crippen LogP contribution in [-0.2, 0) is 23.0 Å². The molecule has 2 rings (SSSR count). The first-order valence-electron chi connectivity index (χ1n) is 8.73. The molecule has 0 bridgehead atoms. The maximum Gasteiger partial charge on any atom is 0.306 e. The molecule has 2 aromatic rings. The van der Waals surface area contributed by atoms with Crippen molar-refractivity contribution in [3.8, 4) is 0 Å². The number of hydrogen-bond donors (Lipinski definition) is 1. The number of oxime groups is 1. The molecule has 140 valence electrons. The number of hydrogen-bond acceptors (Lipinski definition) is 5. The van der Waals surface area contributed by atoms with E-state index in [4.69, 9.17) is 9.94 Å². The number of fused-ring (bicyclic) bond motifs is 1. The fraction of sp³-hybridized carbons (Fsp3) is 0.450. The minimum absolute atomic E-state index is 0.0582. The monoisotopic (exact) mass is 358 g/mol. The second-order valence-corrected chi connectivity index (χ2v) is 7.38. The number of pyridine rings is 1. The van der Waals surface area contributed by atoms with Crippen LogP contribution in [0.5, 0.6) is 0 Å². The van der Waals surface area contributed by atoms with Crippen molar-refractivity contribution in [1.29, 1.82) is 0 Å². The van der Waals surface area contributed by atoms with E-state index in [0.29, 0.717) is 24.6 Å². The first kappa shape index (κ1) is 19.7. The van der Waals surface area contributed by atoms with Crippen LogP contribution in [-0.4, -0.2) is 27.6 Å². The molecule has 0 unspecified atom stereocenters. The third-order valence-electron chi connectivity index (χ3n) is 4.05. The van der Waals surface area contributed by atoms with E-state index in [0.717, 1.165) is 23.1 Å². The maximum absolute atomic E-state index is 12.5. The molecule has 0 aliphatic heterocycles. The Morgan fingerprint density at radius 1 is 1.27 bits per heavy atom. The average Bonchev–Trinajstić information content (AvgIpc) is 2.54. The Morgan fingerprint density at radius 3 is 2.65 bits per heavy atom. The highest BCUT2D eigenvalue weighted by molar-refractivity contribution is 5.90. The second-order valence-electron chi connectivity index (χ2n) is 7.38. The highest BCUT2D eigenvalue weighted by Crippen LogP contribution is 2.16. The van der Waals surface area contributed by atoms with E-state index < -0.39 is 5.60 Å². The zero-order valence-electron chi connectivity index (χ0n) is 15.8. The van der Waals surface area contributed by atoms with Crippen LogP contribution in [0, 0.1) is 0 Å². The topological polar surface area (TPSA) is 80.9 Å². The van der Waals surface area contributed by atoms with Crippen LogP contribution >= 0.6 is 0 Å². The highest BCUT2D eigenvalue weighted by atomic mass is 16.6. The van der Waals surface area contributed by atoms with E-state index >= 15 is 0 Å². The number of nitrogens with zero attached hydrogens (tertiary/aromatic N) is 2. The number of unbranched alkanes of at least 4 members (excludes halogenated alkanes) is 1. The Bertz CT molecular complexity index is 876. The lowest BCUT2D eigenvalue weighted by Crippen LogP contribution is -2.23. The molecule has 26 heavy (non-hydrogen) atoms. The molecule has 0 saturated heterocycles. The van der Waals surface area contributed by atoms with Crippen molar-refractivity contribution in [2.24, 2.45) is 12.2 Å². The highest BCUT2D eigenvalue weighted by Gasteiger charge is 2.15. The van der Waals surface area contributed by atoms with E-state index in [-0.39, 0.29) is 11.5 Å². The van der Waals surface area contributed by atoms with Gasteiger partial charge < -0.3 is 14.5 Å². The zero-order valence-corrected chi connectivity index (χ0v) is 15.8. The van der Waals surface area contributed by atoms with Crippen LogP contribution in [0.1, 0.15) is 51.3 Å². The first-order valence-corrected chi connectivity index (χ1v) is 8.73. The van der Waals surface area contributed by atoms with E-state index in [9.17, 15) is 9.59 Å². The number of esters is 1. The van der Waals surface area contributed by atoms with Gasteiger partial charge >= 0.3 is 5.97 Å². The van der Waals surface area contributed by atoms with Gasteiger partial charge in [-0.3, -0.25) is 9.59 Å². The molecule has 1 N–H and O–H groups in total. The summed E-state index contributed by atoms with van der Waals surface area (Å²) in [6, 6.07) is 7.27. The average molecular weight is 358 g/mol. The maximum atomic E-state index is 12.5. The summed E-state index contributed by atoms with van der Waals surface area (Å²) in [7, 11) is 1.76. The molecule has 0 fully saturated rings. The number of carbonyl (C=O) groups excluding carboxylic acids is 1. The van der Waals surface area contributed by atoms with Crippen molar-refractivity contribution in [3.63, 3.8) is 0 Å². The third-order valence-corrected chi connectivity index (χ3v) is 4.05. The molecule has 0 aliphatic carbocycles. The molecule has 6 heteroatoms. The predicted octanol–water partition coefficient (Wildman–Crippen LogP) is 3.40. The molecule has 1 aromatic carbocycles. The Morgan fingerprint density at radius 2 is 2.00 bits per heavy atom. The van der Waals surface area contributed by atoms with Crippen LogP contribution in [0.3, 0.4) is 0 Å². The van der Waals surface area contributed by atoms with Crippen molar-refractivity contribution in [1.82, 2.24) is 4.57 Å². The van der Waals surface area contributed by atoms with Gasteiger partial charge in [-0.25, -0.2) is 0 Å². The van der Waals surface area contributed by atoms with Crippen molar-refractivity contribution in [2.45, 2.75) is 52.1 Å². The van der Waals surface area contributed by atoms with Crippen LogP contribution in [0.2, 0.25) is 0 Å². The lowest BCUT2D eigenvalue weighted by Gasteiger charge is -2.19. The Hall–Kier alpha value is -2.63. The van der Waals surface area contributed by atoms with Crippen LogP contribution in [0.15, 0.2) is 34.2 Å². The van der Waals surface area contributed by atoms with E-state index in [1.54, 1.807) is 23.7 Å². The van der Waals surface area contributed by atoms with Gasteiger partial charge in [-0.2, -0.15) is 0 Å². The first-order chi connectivity index (χ1) is 12.2. The van der Waals surface area contributed by atoms with Gasteiger partial charge in [0.25, 0.3) is 5.56 Å². The Labute approximate surface area is 153 Å². The minimum atomic E-state index is -0.463. The van der Waals surface area contributed by atoms with Crippen molar-refractivity contribution < 1.29 is 14.7 Å².